The number of hydrogen-bond donors (Lipinski definition) is 2. The van der Waals surface area contributed by atoms with Gasteiger partial charge in [-0.15, -0.1) is 10.2 Å². The van der Waals surface area contributed by atoms with E-state index in [1.165, 1.54) is 31.4 Å². The molecule has 2 fully saturated rings. The summed E-state index contributed by atoms with van der Waals surface area (Å²) in [5, 5.41) is 22.9. The largest absolute Gasteiger partial charge is 0.507 e. The lowest BCUT2D eigenvalue weighted by atomic mass is 9.92. The maximum absolute atomic E-state index is 14.8. The van der Waals surface area contributed by atoms with E-state index in [0.29, 0.717) is 34.5 Å². The van der Waals surface area contributed by atoms with E-state index in [2.05, 4.69) is 25.4 Å². The smallest absolute Gasteiger partial charge is 0.151 e. The van der Waals surface area contributed by atoms with Crippen LogP contribution in [0, 0.1) is 12.7 Å². The molecule has 1 aliphatic carbocycles. The number of rotatable bonds is 5. The summed E-state index contributed by atoms with van der Waals surface area (Å²) in [6.45, 7) is 3.73. The van der Waals surface area contributed by atoms with E-state index in [9.17, 15) is 9.50 Å². The Balaban J connectivity index is 1.32. The van der Waals surface area contributed by atoms with Crippen LogP contribution in [0.4, 0.5) is 10.2 Å². The monoisotopic (exact) mass is 419 g/mol. The molecule has 1 saturated heterocycles. The molecule has 0 radical (unpaired) electrons. The van der Waals surface area contributed by atoms with Gasteiger partial charge in [0, 0.05) is 53.8 Å². The first kappa shape index (κ1) is 19.9. The zero-order valence-electron chi connectivity index (χ0n) is 17.6. The summed E-state index contributed by atoms with van der Waals surface area (Å²) in [4.78, 5) is 6.43. The number of phenols is 1. The highest BCUT2D eigenvalue weighted by molar-refractivity contribution is 5.74. The van der Waals surface area contributed by atoms with Crippen molar-refractivity contribution in [1.82, 2.24) is 20.5 Å². The fraction of sp³-hybridized carbons (Fsp3) is 0.375. The van der Waals surface area contributed by atoms with Gasteiger partial charge in [-0.05, 0) is 56.5 Å². The van der Waals surface area contributed by atoms with Crippen LogP contribution >= 0.6 is 0 Å². The van der Waals surface area contributed by atoms with Gasteiger partial charge in [0.25, 0.3) is 0 Å². The normalized spacial score (nSPS) is 18.9. The standard InChI is InChI=1S/C24H26FN5O/c1-15-5-6-16(13-26-15)19-12-23(31)20(11-21(19)25)22-7-8-24(29-28-22)30-10-9-18(14-30)27-17-3-2-4-17/h5-8,11-13,17-18,27,31H,2-4,9-10,14H2,1H3. The summed E-state index contributed by atoms with van der Waals surface area (Å²) in [6, 6.07) is 11.2. The minimum Gasteiger partial charge on any atom is -0.507 e. The van der Waals surface area contributed by atoms with Crippen molar-refractivity contribution in [2.75, 3.05) is 18.0 Å². The molecule has 1 aromatic carbocycles. The molecule has 7 heteroatoms. The third-order valence-corrected chi connectivity index (χ3v) is 6.32. The minimum atomic E-state index is -0.436. The van der Waals surface area contributed by atoms with Crippen molar-refractivity contribution in [1.29, 1.82) is 0 Å². The van der Waals surface area contributed by atoms with E-state index >= 15 is 0 Å². The molecule has 1 saturated carbocycles. The predicted molar refractivity (Wildman–Crippen MR) is 118 cm³/mol. The van der Waals surface area contributed by atoms with Crippen LogP contribution in [0.2, 0.25) is 0 Å². The first-order chi connectivity index (χ1) is 15.1. The molecule has 1 atom stereocenters. The summed E-state index contributed by atoms with van der Waals surface area (Å²) in [7, 11) is 0. The van der Waals surface area contributed by atoms with Gasteiger partial charge in [-0.25, -0.2) is 4.39 Å². The number of nitrogens with zero attached hydrogens (tertiary/aromatic N) is 4. The lowest BCUT2D eigenvalue weighted by Crippen LogP contribution is -2.43. The summed E-state index contributed by atoms with van der Waals surface area (Å²) >= 11 is 0. The van der Waals surface area contributed by atoms with Crippen LogP contribution in [-0.2, 0) is 0 Å². The topological polar surface area (TPSA) is 74.2 Å². The van der Waals surface area contributed by atoms with Crippen molar-refractivity contribution < 1.29 is 9.50 Å². The second-order valence-electron chi connectivity index (χ2n) is 8.54. The maximum atomic E-state index is 14.8. The van der Waals surface area contributed by atoms with Crippen LogP contribution in [0.5, 0.6) is 5.75 Å². The Labute approximate surface area is 181 Å². The van der Waals surface area contributed by atoms with Crippen molar-refractivity contribution in [3.8, 4) is 28.1 Å². The number of pyridine rings is 1. The molecule has 3 aromatic rings. The van der Waals surface area contributed by atoms with Crippen molar-refractivity contribution in [2.24, 2.45) is 0 Å². The molecule has 160 valence electrons. The number of benzene rings is 1. The first-order valence-corrected chi connectivity index (χ1v) is 10.9. The van der Waals surface area contributed by atoms with Crippen molar-refractivity contribution in [2.45, 2.75) is 44.7 Å². The van der Waals surface area contributed by atoms with Crippen molar-refractivity contribution in [3.63, 3.8) is 0 Å². The van der Waals surface area contributed by atoms with Gasteiger partial charge in [0.15, 0.2) is 5.82 Å². The summed E-state index contributed by atoms with van der Waals surface area (Å²) in [5.74, 6) is 0.336. The van der Waals surface area contributed by atoms with Gasteiger partial charge in [-0.2, -0.15) is 0 Å². The summed E-state index contributed by atoms with van der Waals surface area (Å²) < 4.78 is 14.8. The molecular weight excluding hydrogens is 393 g/mol. The van der Waals surface area contributed by atoms with Crippen LogP contribution in [-0.4, -0.2) is 45.5 Å². The number of hydrogen-bond acceptors (Lipinski definition) is 6. The molecule has 3 heterocycles. The van der Waals surface area contributed by atoms with Crippen LogP contribution in [0.1, 0.15) is 31.4 Å². The van der Waals surface area contributed by atoms with Gasteiger partial charge in [0.05, 0.1) is 5.69 Å². The van der Waals surface area contributed by atoms with Crippen molar-refractivity contribution in [3.05, 3.63) is 54.1 Å². The molecular formula is C24H26FN5O. The molecule has 1 aliphatic heterocycles. The lowest BCUT2D eigenvalue weighted by Gasteiger charge is -2.29. The number of phenolic OH excluding ortho intramolecular Hbond substituents is 1. The van der Waals surface area contributed by atoms with Gasteiger partial charge in [-0.1, -0.05) is 12.5 Å². The highest BCUT2D eigenvalue weighted by Crippen LogP contribution is 2.35. The Bertz CT molecular complexity index is 1070. The Morgan fingerprint density at radius 1 is 1.03 bits per heavy atom. The molecule has 31 heavy (non-hydrogen) atoms. The highest BCUT2D eigenvalue weighted by Gasteiger charge is 2.28. The van der Waals surface area contributed by atoms with E-state index in [-0.39, 0.29) is 5.75 Å². The number of aryl methyl sites for hydroxylation is 1. The Morgan fingerprint density at radius 2 is 1.90 bits per heavy atom. The molecule has 6 nitrogen and oxygen atoms in total. The minimum absolute atomic E-state index is 0.0371. The quantitative estimate of drug-likeness (QED) is 0.649. The van der Waals surface area contributed by atoms with E-state index in [0.717, 1.165) is 31.0 Å². The number of halogens is 1. The number of anilines is 1. The molecule has 2 aliphatic rings. The molecule has 1 unspecified atom stereocenters. The zero-order valence-corrected chi connectivity index (χ0v) is 17.6. The molecule has 0 amide bonds. The third kappa shape index (κ3) is 4.10. The third-order valence-electron chi connectivity index (χ3n) is 6.32. The SMILES string of the molecule is Cc1ccc(-c2cc(O)c(-c3ccc(N4CCC(NC5CCC5)C4)nn3)cc2F)cn1. The Hall–Kier alpha value is -3.06. The van der Waals surface area contributed by atoms with Gasteiger partial charge >= 0.3 is 0 Å². The summed E-state index contributed by atoms with van der Waals surface area (Å²) in [5.41, 5.74) is 2.54. The second-order valence-corrected chi connectivity index (χ2v) is 8.54. The number of aromatic hydroxyl groups is 1. The van der Waals surface area contributed by atoms with E-state index in [1.807, 2.05) is 19.1 Å². The maximum Gasteiger partial charge on any atom is 0.151 e. The molecule has 2 aromatic heterocycles. The zero-order chi connectivity index (χ0) is 21.4. The number of aromatic nitrogens is 3. The second kappa shape index (κ2) is 8.23. The molecule has 0 spiro atoms. The van der Waals surface area contributed by atoms with Crippen LogP contribution in [0.3, 0.4) is 0 Å². The van der Waals surface area contributed by atoms with Gasteiger partial charge < -0.3 is 15.3 Å². The fourth-order valence-electron chi connectivity index (χ4n) is 4.27. The van der Waals surface area contributed by atoms with E-state index in [4.69, 9.17) is 0 Å². The molecule has 0 bridgehead atoms. The molecule has 5 rings (SSSR count). The molecule has 2 N–H and O–H groups in total. The summed E-state index contributed by atoms with van der Waals surface area (Å²) in [6.07, 6.45) is 6.60. The predicted octanol–water partition coefficient (Wildman–Crippen LogP) is 4.08. The average molecular weight is 420 g/mol. The van der Waals surface area contributed by atoms with Gasteiger partial charge in [0.1, 0.15) is 11.6 Å². The number of nitrogens with one attached hydrogen (secondary N) is 1. The first-order valence-electron chi connectivity index (χ1n) is 10.9. The van der Waals surface area contributed by atoms with E-state index in [1.54, 1.807) is 18.3 Å². The van der Waals surface area contributed by atoms with Gasteiger partial charge in [-0.3, -0.25) is 4.98 Å². The Morgan fingerprint density at radius 3 is 2.58 bits per heavy atom. The van der Waals surface area contributed by atoms with Crippen LogP contribution in [0.15, 0.2) is 42.6 Å². The van der Waals surface area contributed by atoms with Crippen molar-refractivity contribution >= 4 is 5.82 Å². The average Bonchev–Trinajstić information content (AvgIpc) is 3.22. The van der Waals surface area contributed by atoms with Crippen LogP contribution in [0.25, 0.3) is 22.4 Å². The van der Waals surface area contributed by atoms with E-state index < -0.39 is 5.82 Å². The lowest BCUT2D eigenvalue weighted by molar-refractivity contribution is 0.311. The fourth-order valence-corrected chi connectivity index (χ4v) is 4.27. The van der Waals surface area contributed by atoms with Crippen LogP contribution < -0.4 is 10.2 Å². The Kier molecular flexibility index (Phi) is 5.28. The highest BCUT2D eigenvalue weighted by atomic mass is 19.1. The van der Waals surface area contributed by atoms with Gasteiger partial charge in [0.2, 0.25) is 0 Å².